The van der Waals surface area contributed by atoms with Gasteiger partial charge in [0.25, 0.3) is 0 Å². The first kappa shape index (κ1) is 11.8. The molecule has 0 radical (unpaired) electrons. The van der Waals surface area contributed by atoms with Crippen molar-refractivity contribution in [3.63, 3.8) is 0 Å². The molecule has 1 fully saturated rings. The van der Waals surface area contributed by atoms with E-state index in [0.29, 0.717) is 5.57 Å². The van der Waals surface area contributed by atoms with Crippen molar-refractivity contribution in [2.24, 2.45) is 0 Å². The second-order valence-electron chi connectivity index (χ2n) is 4.12. The lowest BCUT2D eigenvalue weighted by Crippen LogP contribution is -2.41. The minimum Gasteiger partial charge on any atom is -0.394 e. The van der Waals surface area contributed by atoms with Gasteiger partial charge in [-0.1, -0.05) is 18.2 Å². The zero-order valence-corrected chi connectivity index (χ0v) is 9.04. The molecule has 0 aromatic carbocycles. The highest BCUT2D eigenvalue weighted by Gasteiger charge is 2.44. The largest absolute Gasteiger partial charge is 0.394 e. The van der Waals surface area contributed by atoms with Crippen LogP contribution < -0.4 is 0 Å². The monoisotopic (exact) mass is 228 g/mol. The van der Waals surface area contributed by atoms with E-state index in [0.717, 1.165) is 0 Å². The average Bonchev–Trinajstić information content (AvgIpc) is 2.65. The van der Waals surface area contributed by atoms with Gasteiger partial charge in [-0.05, 0) is 6.92 Å². The third-order valence-corrected chi connectivity index (χ3v) is 2.89. The molecule has 1 aliphatic heterocycles. The van der Waals surface area contributed by atoms with E-state index in [-0.39, 0.29) is 19.3 Å². The summed E-state index contributed by atoms with van der Waals surface area (Å²) in [6, 6.07) is 0. The Morgan fingerprint density at radius 1 is 1.50 bits per heavy atom. The Morgan fingerprint density at radius 2 is 2.25 bits per heavy atom. The van der Waals surface area contributed by atoms with Crippen LogP contribution in [-0.2, 0) is 9.47 Å². The molecular formula is C11H16O5. The van der Waals surface area contributed by atoms with Crippen molar-refractivity contribution in [2.45, 2.75) is 31.0 Å². The number of aliphatic hydroxyl groups is 3. The summed E-state index contributed by atoms with van der Waals surface area (Å²) in [5.41, 5.74) is 0.471. The topological polar surface area (TPSA) is 79.2 Å². The fraction of sp³-hybridized carbons (Fsp3) is 0.636. The minimum atomic E-state index is -1.07. The molecule has 90 valence electrons. The summed E-state index contributed by atoms with van der Waals surface area (Å²) in [5.74, 6) is -1.07. The number of hydrogen-bond donors (Lipinski definition) is 3. The first-order valence-electron chi connectivity index (χ1n) is 5.24. The Labute approximate surface area is 93.6 Å². The van der Waals surface area contributed by atoms with Crippen LogP contribution in [0.3, 0.4) is 0 Å². The quantitative estimate of drug-likeness (QED) is 0.584. The van der Waals surface area contributed by atoms with Crippen LogP contribution >= 0.6 is 0 Å². The van der Waals surface area contributed by atoms with Gasteiger partial charge in [-0.15, -0.1) is 0 Å². The van der Waals surface area contributed by atoms with Gasteiger partial charge in [0.15, 0.2) is 5.79 Å². The summed E-state index contributed by atoms with van der Waals surface area (Å²) in [6.45, 7) is 1.82. The van der Waals surface area contributed by atoms with Gasteiger partial charge in [0.2, 0.25) is 0 Å². The van der Waals surface area contributed by atoms with E-state index in [1.807, 2.05) is 0 Å². The fourth-order valence-corrected chi connectivity index (χ4v) is 1.96. The molecule has 0 aromatic rings. The lowest BCUT2D eigenvalue weighted by molar-refractivity contribution is -0.142. The van der Waals surface area contributed by atoms with Crippen molar-refractivity contribution in [1.29, 1.82) is 0 Å². The van der Waals surface area contributed by atoms with Crippen molar-refractivity contribution >= 4 is 0 Å². The smallest absolute Gasteiger partial charge is 0.191 e. The lowest BCUT2D eigenvalue weighted by atomic mass is 9.93. The predicted molar refractivity (Wildman–Crippen MR) is 55.6 cm³/mol. The average molecular weight is 228 g/mol. The summed E-state index contributed by atoms with van der Waals surface area (Å²) in [5, 5.41) is 28.3. The van der Waals surface area contributed by atoms with E-state index < -0.39 is 18.0 Å². The Hall–Kier alpha value is -0.720. The van der Waals surface area contributed by atoms with Gasteiger partial charge in [-0.3, -0.25) is 0 Å². The Balaban J connectivity index is 2.18. The highest BCUT2D eigenvalue weighted by atomic mass is 16.7. The predicted octanol–water partition coefficient (Wildman–Crippen LogP) is -0.672. The highest BCUT2D eigenvalue weighted by molar-refractivity contribution is 5.30. The Bertz CT molecular complexity index is 324. The van der Waals surface area contributed by atoms with E-state index in [1.54, 1.807) is 19.1 Å². The second kappa shape index (κ2) is 4.27. The lowest BCUT2D eigenvalue weighted by Gasteiger charge is -2.32. The molecule has 5 heteroatoms. The van der Waals surface area contributed by atoms with Crippen molar-refractivity contribution in [2.75, 3.05) is 13.2 Å². The van der Waals surface area contributed by atoms with Gasteiger partial charge in [0.1, 0.15) is 18.3 Å². The standard InChI is InChI=1S/C11H16O5/c1-11(15-6-7(5-12)16-11)8-3-2-4-9(13)10(8)14/h2-4,7,9-10,12-14H,5-6H2,1H3. The summed E-state index contributed by atoms with van der Waals surface area (Å²) < 4.78 is 11.0. The van der Waals surface area contributed by atoms with Crippen LogP contribution in [0.5, 0.6) is 0 Å². The van der Waals surface area contributed by atoms with Crippen LogP contribution in [0.15, 0.2) is 23.8 Å². The van der Waals surface area contributed by atoms with Crippen LogP contribution in [0.2, 0.25) is 0 Å². The molecular weight excluding hydrogens is 212 g/mol. The Morgan fingerprint density at radius 3 is 2.88 bits per heavy atom. The molecule has 1 heterocycles. The fourth-order valence-electron chi connectivity index (χ4n) is 1.96. The number of allylic oxidation sites excluding steroid dienone is 2. The van der Waals surface area contributed by atoms with Gasteiger partial charge in [0, 0.05) is 5.57 Å². The van der Waals surface area contributed by atoms with Gasteiger partial charge in [-0.25, -0.2) is 0 Å². The molecule has 4 atom stereocenters. The van der Waals surface area contributed by atoms with Crippen molar-refractivity contribution in [3.8, 4) is 0 Å². The van der Waals surface area contributed by atoms with E-state index in [4.69, 9.17) is 14.6 Å². The van der Waals surface area contributed by atoms with E-state index in [2.05, 4.69) is 0 Å². The molecule has 0 aromatic heterocycles. The van der Waals surface area contributed by atoms with E-state index in [1.165, 1.54) is 6.08 Å². The van der Waals surface area contributed by atoms with Gasteiger partial charge >= 0.3 is 0 Å². The summed E-state index contributed by atoms with van der Waals surface area (Å²) in [4.78, 5) is 0. The van der Waals surface area contributed by atoms with Crippen molar-refractivity contribution in [3.05, 3.63) is 23.8 Å². The molecule has 0 bridgehead atoms. The second-order valence-corrected chi connectivity index (χ2v) is 4.12. The van der Waals surface area contributed by atoms with Gasteiger partial charge < -0.3 is 24.8 Å². The summed E-state index contributed by atoms with van der Waals surface area (Å²) in [7, 11) is 0. The van der Waals surface area contributed by atoms with Crippen molar-refractivity contribution in [1.82, 2.24) is 0 Å². The highest BCUT2D eigenvalue weighted by Crippen LogP contribution is 2.34. The molecule has 16 heavy (non-hydrogen) atoms. The van der Waals surface area contributed by atoms with Crippen LogP contribution in [0, 0.1) is 0 Å². The number of hydrogen-bond acceptors (Lipinski definition) is 5. The molecule has 5 nitrogen and oxygen atoms in total. The maximum Gasteiger partial charge on any atom is 0.191 e. The normalized spacial score (nSPS) is 43.5. The third kappa shape index (κ3) is 1.92. The van der Waals surface area contributed by atoms with Crippen LogP contribution in [0.1, 0.15) is 6.92 Å². The first-order chi connectivity index (χ1) is 7.57. The number of rotatable bonds is 2. The molecule has 1 aliphatic carbocycles. The molecule has 0 saturated carbocycles. The first-order valence-corrected chi connectivity index (χ1v) is 5.24. The maximum atomic E-state index is 9.83. The molecule has 0 amide bonds. The minimum absolute atomic E-state index is 0.128. The number of aliphatic hydroxyl groups excluding tert-OH is 3. The molecule has 3 N–H and O–H groups in total. The van der Waals surface area contributed by atoms with Crippen LogP contribution in [-0.4, -0.2) is 52.6 Å². The SMILES string of the molecule is CC1(C2=CC=CC(O)C2O)OCC(CO)O1. The molecule has 0 spiro atoms. The third-order valence-electron chi connectivity index (χ3n) is 2.89. The number of ether oxygens (including phenoxy) is 2. The molecule has 2 aliphatic rings. The zero-order chi connectivity index (χ0) is 11.8. The van der Waals surface area contributed by atoms with Crippen molar-refractivity contribution < 1.29 is 24.8 Å². The van der Waals surface area contributed by atoms with Crippen LogP contribution in [0.25, 0.3) is 0 Å². The molecule has 4 unspecified atom stereocenters. The molecule has 1 saturated heterocycles. The summed E-state index contributed by atoms with van der Waals surface area (Å²) in [6.07, 6.45) is 2.44. The maximum absolute atomic E-state index is 9.83. The Kier molecular flexibility index (Phi) is 3.14. The van der Waals surface area contributed by atoms with Gasteiger partial charge in [-0.2, -0.15) is 0 Å². The molecule has 2 rings (SSSR count). The van der Waals surface area contributed by atoms with Crippen LogP contribution in [0.4, 0.5) is 0 Å². The van der Waals surface area contributed by atoms with E-state index >= 15 is 0 Å². The summed E-state index contributed by atoms with van der Waals surface area (Å²) >= 11 is 0. The van der Waals surface area contributed by atoms with E-state index in [9.17, 15) is 10.2 Å². The zero-order valence-electron chi connectivity index (χ0n) is 9.04. The van der Waals surface area contributed by atoms with Gasteiger partial charge in [0.05, 0.1) is 13.2 Å².